The van der Waals surface area contributed by atoms with E-state index in [1.54, 1.807) is 12.1 Å². The molecule has 1 heterocycles. The van der Waals surface area contributed by atoms with Crippen molar-refractivity contribution in [3.05, 3.63) is 29.1 Å². The molecule has 1 aromatic carbocycles. The molecule has 0 saturated heterocycles. The molecule has 0 unspecified atom stereocenters. The standard InChI is InChI=1S/C13H18N3O5P/c1-7-3-10-11(4-8(7)2)16(6-22(19,20)21)12(15-10)5-9(14)13(17)18/h3-4,9H,5-6,14H2,1-2H3,(H,17,18)(H2,19,20,21)/t9-/m1/s1. The third-order valence-electron chi connectivity index (χ3n) is 3.49. The summed E-state index contributed by atoms with van der Waals surface area (Å²) < 4.78 is 12.7. The zero-order valence-corrected chi connectivity index (χ0v) is 13.1. The fraction of sp³-hybridized carbons (Fsp3) is 0.385. The summed E-state index contributed by atoms with van der Waals surface area (Å²) >= 11 is 0. The number of carbonyl (C=O) groups is 1. The summed E-state index contributed by atoms with van der Waals surface area (Å²) in [7, 11) is -4.35. The van der Waals surface area contributed by atoms with E-state index < -0.39 is 25.9 Å². The summed E-state index contributed by atoms with van der Waals surface area (Å²) in [5.41, 5.74) is 8.57. The average molecular weight is 327 g/mol. The smallest absolute Gasteiger partial charge is 0.345 e. The molecule has 0 aliphatic rings. The van der Waals surface area contributed by atoms with Crippen molar-refractivity contribution in [2.45, 2.75) is 32.6 Å². The molecule has 0 saturated carbocycles. The number of nitrogens with two attached hydrogens (primary N) is 1. The molecule has 0 fully saturated rings. The number of nitrogens with zero attached hydrogens (tertiary/aromatic N) is 2. The van der Waals surface area contributed by atoms with Gasteiger partial charge in [0, 0.05) is 6.42 Å². The number of aryl methyl sites for hydroxylation is 2. The SMILES string of the molecule is Cc1cc2nc(C[C@@H](N)C(=O)O)n(CP(=O)(O)O)c2cc1C. The van der Waals surface area contributed by atoms with Crippen molar-refractivity contribution in [2.75, 3.05) is 0 Å². The van der Waals surface area contributed by atoms with Crippen LogP contribution in [0.25, 0.3) is 11.0 Å². The van der Waals surface area contributed by atoms with Gasteiger partial charge in [-0.3, -0.25) is 9.36 Å². The van der Waals surface area contributed by atoms with Crippen LogP contribution in [-0.4, -0.2) is 36.5 Å². The van der Waals surface area contributed by atoms with Gasteiger partial charge in [-0.1, -0.05) is 0 Å². The predicted molar refractivity (Wildman–Crippen MR) is 80.6 cm³/mol. The Kier molecular flexibility index (Phi) is 4.39. The van der Waals surface area contributed by atoms with Crippen LogP contribution in [0.4, 0.5) is 0 Å². The Morgan fingerprint density at radius 1 is 1.36 bits per heavy atom. The van der Waals surface area contributed by atoms with Crippen LogP contribution in [-0.2, 0) is 22.1 Å². The molecule has 120 valence electrons. The number of carboxylic acid groups (broad SMARTS) is 1. The van der Waals surface area contributed by atoms with Crippen molar-refractivity contribution in [3.8, 4) is 0 Å². The van der Waals surface area contributed by atoms with Gasteiger partial charge in [0.05, 0.1) is 11.0 Å². The summed E-state index contributed by atoms with van der Waals surface area (Å²) in [4.78, 5) is 33.7. The minimum atomic E-state index is -4.35. The summed E-state index contributed by atoms with van der Waals surface area (Å²) in [5, 5.41) is 8.91. The molecule has 5 N–H and O–H groups in total. The third kappa shape index (κ3) is 3.53. The fourth-order valence-corrected chi connectivity index (χ4v) is 2.90. The van der Waals surface area contributed by atoms with Crippen molar-refractivity contribution in [3.63, 3.8) is 0 Å². The maximum absolute atomic E-state index is 11.4. The maximum Gasteiger partial charge on any atom is 0.345 e. The Labute approximate surface area is 126 Å². The largest absolute Gasteiger partial charge is 0.480 e. The lowest BCUT2D eigenvalue weighted by Crippen LogP contribution is -2.33. The second-order valence-corrected chi connectivity index (χ2v) is 6.95. The molecule has 22 heavy (non-hydrogen) atoms. The van der Waals surface area contributed by atoms with E-state index in [0.717, 1.165) is 11.1 Å². The Hall–Kier alpha value is -1.73. The predicted octanol–water partition coefficient (Wildman–Crippen LogP) is 0.743. The number of carboxylic acids is 1. The number of rotatable bonds is 5. The summed E-state index contributed by atoms with van der Waals surface area (Å²) in [6, 6.07) is 2.40. The van der Waals surface area contributed by atoms with E-state index in [1.807, 2.05) is 13.8 Å². The van der Waals surface area contributed by atoms with E-state index >= 15 is 0 Å². The summed E-state index contributed by atoms with van der Waals surface area (Å²) in [6.07, 6.45) is -0.671. The Bertz CT molecular complexity index is 780. The number of benzene rings is 1. The van der Waals surface area contributed by atoms with Gasteiger partial charge in [-0.05, 0) is 37.1 Å². The highest BCUT2D eigenvalue weighted by molar-refractivity contribution is 7.50. The molecule has 0 radical (unpaired) electrons. The Morgan fingerprint density at radius 2 is 1.95 bits per heavy atom. The third-order valence-corrected chi connectivity index (χ3v) is 4.14. The summed E-state index contributed by atoms with van der Waals surface area (Å²) in [5.74, 6) is -0.944. The fourth-order valence-electron chi connectivity index (χ4n) is 2.21. The van der Waals surface area contributed by atoms with Gasteiger partial charge < -0.3 is 25.2 Å². The second kappa shape index (κ2) is 5.81. The first-order valence-electron chi connectivity index (χ1n) is 6.58. The van der Waals surface area contributed by atoms with E-state index in [9.17, 15) is 19.1 Å². The molecule has 0 bridgehead atoms. The zero-order valence-electron chi connectivity index (χ0n) is 12.2. The molecular weight excluding hydrogens is 309 g/mol. The Balaban J connectivity index is 2.60. The lowest BCUT2D eigenvalue weighted by molar-refractivity contribution is -0.138. The maximum atomic E-state index is 11.4. The van der Waals surface area contributed by atoms with Crippen molar-refractivity contribution in [1.82, 2.24) is 9.55 Å². The van der Waals surface area contributed by atoms with Crippen molar-refractivity contribution < 1.29 is 24.3 Å². The minimum Gasteiger partial charge on any atom is -0.480 e. The first-order chi connectivity index (χ1) is 10.1. The molecule has 0 amide bonds. The van der Waals surface area contributed by atoms with Gasteiger partial charge in [-0.2, -0.15) is 0 Å². The van der Waals surface area contributed by atoms with E-state index in [2.05, 4.69) is 4.98 Å². The minimum absolute atomic E-state index is 0.109. The quantitative estimate of drug-likeness (QED) is 0.594. The molecule has 2 aromatic rings. The molecule has 0 spiro atoms. The first kappa shape index (κ1) is 16.6. The van der Waals surface area contributed by atoms with Crippen molar-refractivity contribution in [1.29, 1.82) is 0 Å². The van der Waals surface area contributed by atoms with Crippen LogP contribution < -0.4 is 5.73 Å². The van der Waals surface area contributed by atoms with Crippen LogP contribution in [0.3, 0.4) is 0 Å². The van der Waals surface area contributed by atoms with Crippen molar-refractivity contribution >= 4 is 24.6 Å². The van der Waals surface area contributed by atoms with Crippen LogP contribution in [0, 0.1) is 13.8 Å². The van der Waals surface area contributed by atoms with E-state index in [0.29, 0.717) is 11.0 Å². The second-order valence-electron chi connectivity index (χ2n) is 5.34. The summed E-state index contributed by atoms with van der Waals surface area (Å²) in [6.45, 7) is 3.78. The topological polar surface area (TPSA) is 139 Å². The van der Waals surface area contributed by atoms with Crippen LogP contribution >= 0.6 is 7.60 Å². The molecule has 0 aliphatic carbocycles. The normalized spacial score (nSPS) is 13.5. The van der Waals surface area contributed by atoms with E-state index in [4.69, 9.17) is 10.8 Å². The molecule has 0 aliphatic heterocycles. The highest BCUT2D eigenvalue weighted by atomic mass is 31.2. The lowest BCUT2D eigenvalue weighted by Gasteiger charge is -2.12. The monoisotopic (exact) mass is 327 g/mol. The van der Waals surface area contributed by atoms with Crippen LogP contribution in [0.15, 0.2) is 12.1 Å². The molecular formula is C13H18N3O5P. The van der Waals surface area contributed by atoms with E-state index in [-0.39, 0.29) is 12.2 Å². The molecule has 8 nitrogen and oxygen atoms in total. The average Bonchev–Trinajstić information content (AvgIpc) is 2.66. The van der Waals surface area contributed by atoms with Gasteiger partial charge in [-0.15, -0.1) is 0 Å². The number of imidazole rings is 1. The lowest BCUT2D eigenvalue weighted by atomic mass is 10.1. The van der Waals surface area contributed by atoms with Gasteiger partial charge in [0.15, 0.2) is 0 Å². The highest BCUT2D eigenvalue weighted by Crippen LogP contribution is 2.38. The van der Waals surface area contributed by atoms with E-state index in [1.165, 1.54) is 4.57 Å². The van der Waals surface area contributed by atoms with Crippen LogP contribution in [0.2, 0.25) is 0 Å². The van der Waals surface area contributed by atoms with Gasteiger partial charge >= 0.3 is 13.6 Å². The van der Waals surface area contributed by atoms with Crippen LogP contribution in [0.1, 0.15) is 17.0 Å². The Morgan fingerprint density at radius 3 is 2.50 bits per heavy atom. The molecule has 2 rings (SSSR count). The zero-order chi connectivity index (χ0) is 16.7. The number of fused-ring (bicyclic) bond motifs is 1. The number of aromatic nitrogens is 2. The van der Waals surface area contributed by atoms with Crippen molar-refractivity contribution in [2.24, 2.45) is 5.73 Å². The van der Waals surface area contributed by atoms with Gasteiger partial charge in [0.1, 0.15) is 18.2 Å². The first-order valence-corrected chi connectivity index (χ1v) is 8.37. The molecule has 9 heteroatoms. The number of hydrogen-bond acceptors (Lipinski definition) is 4. The number of hydrogen-bond donors (Lipinski definition) is 4. The number of aliphatic carboxylic acids is 1. The molecule has 1 aromatic heterocycles. The molecule has 1 atom stereocenters. The van der Waals surface area contributed by atoms with Gasteiger partial charge in [0.25, 0.3) is 0 Å². The van der Waals surface area contributed by atoms with Gasteiger partial charge in [-0.25, -0.2) is 4.98 Å². The highest BCUT2D eigenvalue weighted by Gasteiger charge is 2.23. The van der Waals surface area contributed by atoms with Gasteiger partial charge in [0.2, 0.25) is 0 Å². The van der Waals surface area contributed by atoms with Crippen LogP contribution in [0.5, 0.6) is 0 Å².